The Kier molecular flexibility index (Phi) is 6.67. The van der Waals surface area contributed by atoms with Crippen LogP contribution in [0.2, 0.25) is 5.02 Å². The van der Waals surface area contributed by atoms with Crippen LogP contribution in [0.3, 0.4) is 0 Å². The van der Waals surface area contributed by atoms with Gasteiger partial charge in [0, 0.05) is 5.56 Å². The summed E-state index contributed by atoms with van der Waals surface area (Å²) < 4.78 is 14.1. The van der Waals surface area contributed by atoms with Crippen molar-refractivity contribution in [2.45, 2.75) is 64.0 Å². The third kappa shape index (κ3) is 5.57. The number of carboxylic acid groups (broad SMARTS) is 1. The van der Waals surface area contributed by atoms with Gasteiger partial charge >= 0.3 is 5.97 Å². The number of rotatable bonds is 11. The fourth-order valence-electron chi connectivity index (χ4n) is 4.65. The van der Waals surface area contributed by atoms with E-state index in [1.807, 2.05) is 12.1 Å². The molecule has 2 aromatic carbocycles. The van der Waals surface area contributed by atoms with Gasteiger partial charge in [0.1, 0.15) is 23.5 Å². The van der Waals surface area contributed by atoms with Gasteiger partial charge in [-0.2, -0.15) is 4.98 Å². The molecule has 2 saturated carbocycles. The first kappa shape index (κ1) is 25.6. The highest BCUT2D eigenvalue weighted by atomic mass is 35.5. The quantitative estimate of drug-likeness (QED) is 0.229. The molecule has 1 unspecified atom stereocenters. The SMILES string of the molecule is CC(CCOc1ccc(-c2nc3c(OC4(C)CC4)ncnc3n2Cc2cccc(C3CC3)c2)c(Cl)c1)C(=O)O. The molecule has 0 aliphatic heterocycles. The Bertz CT molecular complexity index is 1540. The van der Waals surface area contributed by atoms with Crippen molar-refractivity contribution in [3.63, 3.8) is 0 Å². The second-order valence-corrected chi connectivity index (χ2v) is 11.4. The van der Waals surface area contributed by atoms with Crippen molar-refractivity contribution in [2.75, 3.05) is 6.61 Å². The first-order valence-electron chi connectivity index (χ1n) is 13.4. The summed E-state index contributed by atoms with van der Waals surface area (Å²) in [5.41, 5.74) is 4.36. The van der Waals surface area contributed by atoms with Crippen LogP contribution in [0.4, 0.5) is 0 Å². The van der Waals surface area contributed by atoms with E-state index in [2.05, 4.69) is 45.7 Å². The normalized spacial score (nSPS) is 16.7. The Balaban J connectivity index is 1.36. The van der Waals surface area contributed by atoms with E-state index >= 15 is 0 Å². The summed E-state index contributed by atoms with van der Waals surface area (Å²) in [7, 11) is 0. The lowest BCUT2D eigenvalue weighted by Crippen LogP contribution is -2.13. The average molecular weight is 547 g/mol. The van der Waals surface area contributed by atoms with Gasteiger partial charge in [0.05, 0.1) is 24.1 Å². The molecule has 6 rings (SSSR count). The van der Waals surface area contributed by atoms with Gasteiger partial charge in [0.25, 0.3) is 0 Å². The van der Waals surface area contributed by atoms with E-state index in [4.69, 9.17) is 31.2 Å². The number of imidazole rings is 1. The lowest BCUT2D eigenvalue weighted by molar-refractivity contribution is -0.141. The minimum atomic E-state index is -0.837. The predicted octanol–water partition coefficient (Wildman–Crippen LogP) is 6.49. The van der Waals surface area contributed by atoms with E-state index in [1.54, 1.807) is 13.0 Å². The van der Waals surface area contributed by atoms with Crippen molar-refractivity contribution >= 4 is 28.7 Å². The molecule has 0 radical (unpaired) electrons. The monoisotopic (exact) mass is 546 g/mol. The van der Waals surface area contributed by atoms with Crippen LogP contribution < -0.4 is 9.47 Å². The van der Waals surface area contributed by atoms with Gasteiger partial charge in [-0.1, -0.05) is 42.8 Å². The van der Waals surface area contributed by atoms with Gasteiger partial charge < -0.3 is 19.1 Å². The number of carbonyl (C=O) groups is 1. The maximum atomic E-state index is 11.1. The Morgan fingerprint density at radius 3 is 2.74 bits per heavy atom. The molecule has 0 amide bonds. The minimum Gasteiger partial charge on any atom is -0.494 e. The second-order valence-electron chi connectivity index (χ2n) is 11.0. The number of hydrogen-bond donors (Lipinski definition) is 1. The number of nitrogens with zero attached hydrogens (tertiary/aromatic N) is 4. The molecule has 0 spiro atoms. The van der Waals surface area contributed by atoms with Crippen molar-refractivity contribution in [1.29, 1.82) is 0 Å². The highest BCUT2D eigenvalue weighted by Gasteiger charge is 2.41. The number of fused-ring (bicyclic) bond motifs is 1. The summed E-state index contributed by atoms with van der Waals surface area (Å²) in [6, 6.07) is 14.2. The molecular formula is C30H31ClN4O4. The molecule has 0 bridgehead atoms. The molecule has 2 aromatic heterocycles. The van der Waals surface area contributed by atoms with Crippen molar-refractivity contribution in [3.05, 3.63) is 64.9 Å². The van der Waals surface area contributed by atoms with Crippen molar-refractivity contribution in [3.8, 4) is 23.0 Å². The summed E-state index contributed by atoms with van der Waals surface area (Å²) in [6.07, 6.45) is 6.40. The molecule has 1 atom stereocenters. The Labute approximate surface area is 232 Å². The standard InChI is InChI=1S/C30H31ClN4O4/c1-18(29(36)37)10-13-38-22-8-9-23(24(31)15-22)26-34-25-27(32-17-33-28(25)39-30(2)11-12-30)35(26)16-19-4-3-5-21(14-19)20-6-7-20/h3-5,8-9,14-15,17-18,20H,6-7,10-13,16H2,1-2H3,(H,36,37). The van der Waals surface area contributed by atoms with Crippen molar-refractivity contribution in [2.24, 2.45) is 5.92 Å². The summed E-state index contributed by atoms with van der Waals surface area (Å²) in [6.45, 7) is 4.60. The number of benzene rings is 2. The van der Waals surface area contributed by atoms with Crippen LogP contribution in [0.15, 0.2) is 48.8 Å². The number of aliphatic carboxylic acids is 1. The third-order valence-corrected chi connectivity index (χ3v) is 7.87. The maximum Gasteiger partial charge on any atom is 0.306 e. The highest BCUT2D eigenvalue weighted by Crippen LogP contribution is 2.42. The molecule has 39 heavy (non-hydrogen) atoms. The van der Waals surface area contributed by atoms with Gasteiger partial charge in [-0.05, 0) is 74.3 Å². The Morgan fingerprint density at radius 1 is 1.21 bits per heavy atom. The summed E-state index contributed by atoms with van der Waals surface area (Å²) in [5, 5.41) is 9.58. The van der Waals surface area contributed by atoms with Crippen molar-refractivity contribution in [1.82, 2.24) is 19.5 Å². The van der Waals surface area contributed by atoms with E-state index in [9.17, 15) is 4.79 Å². The van der Waals surface area contributed by atoms with E-state index in [0.29, 0.717) is 52.5 Å². The number of ether oxygens (including phenoxy) is 2. The maximum absolute atomic E-state index is 11.1. The Morgan fingerprint density at radius 2 is 2.03 bits per heavy atom. The number of hydrogen-bond acceptors (Lipinski definition) is 6. The fourth-order valence-corrected chi connectivity index (χ4v) is 4.90. The van der Waals surface area contributed by atoms with Crippen LogP contribution in [-0.2, 0) is 11.3 Å². The molecule has 2 aliphatic carbocycles. The lowest BCUT2D eigenvalue weighted by atomic mass is 10.1. The summed E-state index contributed by atoms with van der Waals surface area (Å²) in [4.78, 5) is 25.1. The molecule has 202 valence electrons. The van der Waals surface area contributed by atoms with Crippen LogP contribution in [-0.4, -0.2) is 42.8 Å². The molecule has 9 heteroatoms. The minimum absolute atomic E-state index is 0.210. The van der Waals surface area contributed by atoms with Gasteiger partial charge in [0.15, 0.2) is 11.2 Å². The number of carboxylic acids is 1. The van der Waals surface area contributed by atoms with E-state index in [1.165, 1.54) is 30.3 Å². The van der Waals surface area contributed by atoms with Crippen LogP contribution in [0.1, 0.15) is 63.0 Å². The van der Waals surface area contributed by atoms with Gasteiger partial charge in [-0.15, -0.1) is 0 Å². The average Bonchev–Trinajstić information content (AvgIpc) is 3.85. The summed E-state index contributed by atoms with van der Waals surface area (Å²) in [5.74, 6) is 1.07. The third-order valence-electron chi connectivity index (χ3n) is 7.56. The van der Waals surface area contributed by atoms with E-state index in [-0.39, 0.29) is 12.2 Å². The molecule has 0 saturated heterocycles. The molecule has 2 fully saturated rings. The molecule has 1 N–H and O–H groups in total. The van der Waals surface area contributed by atoms with Gasteiger partial charge in [-0.3, -0.25) is 4.79 Å². The molecule has 8 nitrogen and oxygen atoms in total. The van der Waals surface area contributed by atoms with Crippen LogP contribution in [0.25, 0.3) is 22.6 Å². The Hall–Kier alpha value is -3.65. The molecular weight excluding hydrogens is 516 g/mol. The van der Waals surface area contributed by atoms with Crippen LogP contribution in [0.5, 0.6) is 11.6 Å². The predicted molar refractivity (Wildman–Crippen MR) is 148 cm³/mol. The van der Waals surface area contributed by atoms with Crippen LogP contribution in [0, 0.1) is 5.92 Å². The zero-order chi connectivity index (χ0) is 27.1. The fraction of sp³-hybridized carbons (Fsp3) is 0.400. The number of halogens is 1. The first-order valence-corrected chi connectivity index (χ1v) is 13.8. The molecule has 4 aromatic rings. The molecule has 2 heterocycles. The largest absolute Gasteiger partial charge is 0.494 e. The topological polar surface area (TPSA) is 99.4 Å². The lowest BCUT2D eigenvalue weighted by Gasteiger charge is -2.13. The zero-order valence-electron chi connectivity index (χ0n) is 22.1. The van der Waals surface area contributed by atoms with Gasteiger partial charge in [-0.25, -0.2) is 9.97 Å². The summed E-state index contributed by atoms with van der Waals surface area (Å²) >= 11 is 6.79. The first-order chi connectivity index (χ1) is 18.8. The smallest absolute Gasteiger partial charge is 0.306 e. The second kappa shape index (κ2) is 10.2. The number of aromatic nitrogens is 4. The van der Waals surface area contributed by atoms with E-state index < -0.39 is 11.9 Å². The van der Waals surface area contributed by atoms with Gasteiger partial charge in [0.2, 0.25) is 5.88 Å². The van der Waals surface area contributed by atoms with E-state index in [0.717, 1.165) is 18.4 Å². The zero-order valence-corrected chi connectivity index (χ0v) is 22.8. The van der Waals surface area contributed by atoms with Crippen LogP contribution >= 0.6 is 11.6 Å². The molecule has 2 aliphatic rings. The van der Waals surface area contributed by atoms with Crippen molar-refractivity contribution < 1.29 is 19.4 Å². The highest BCUT2D eigenvalue weighted by molar-refractivity contribution is 6.33.